The van der Waals surface area contributed by atoms with Crippen LogP contribution in [0.2, 0.25) is 0 Å². The van der Waals surface area contributed by atoms with Gasteiger partial charge in [-0.2, -0.15) is 0 Å². The van der Waals surface area contributed by atoms with E-state index in [2.05, 4.69) is 22.3 Å². The first-order valence-corrected chi connectivity index (χ1v) is 10.8. The number of rotatable bonds is 5. The maximum Gasteiger partial charge on any atom is 0.348 e. The van der Waals surface area contributed by atoms with Crippen LogP contribution >= 0.6 is 11.3 Å². The SMILES string of the molecule is Cn1nc(O[C@H]2CC[C@@H](Nc3cc(C#CC(C)(C)C)sc3C(=O)O)CC2)ccc1=O. The second-order valence-corrected chi connectivity index (χ2v) is 9.58. The number of aromatic nitrogens is 2. The lowest BCUT2D eigenvalue weighted by Gasteiger charge is -2.29. The van der Waals surface area contributed by atoms with Gasteiger partial charge in [-0.25, -0.2) is 9.48 Å². The Bertz CT molecular complexity index is 1030. The molecule has 3 rings (SSSR count). The first kappa shape index (κ1) is 21.9. The lowest BCUT2D eigenvalue weighted by atomic mass is 9.92. The van der Waals surface area contributed by atoms with Crippen LogP contribution in [0.4, 0.5) is 5.69 Å². The first-order valence-electron chi connectivity index (χ1n) is 9.98. The molecule has 30 heavy (non-hydrogen) atoms. The number of hydrogen-bond acceptors (Lipinski definition) is 6. The van der Waals surface area contributed by atoms with E-state index in [1.807, 2.05) is 26.8 Å². The highest BCUT2D eigenvalue weighted by molar-refractivity contribution is 7.15. The zero-order valence-corrected chi connectivity index (χ0v) is 18.5. The van der Waals surface area contributed by atoms with Crippen molar-refractivity contribution in [1.29, 1.82) is 0 Å². The van der Waals surface area contributed by atoms with Gasteiger partial charge in [-0.05, 0) is 52.5 Å². The van der Waals surface area contributed by atoms with Crippen LogP contribution in [-0.2, 0) is 7.05 Å². The van der Waals surface area contributed by atoms with Crippen molar-refractivity contribution in [2.45, 2.75) is 58.6 Å². The maximum atomic E-state index is 11.7. The molecule has 0 amide bonds. The summed E-state index contributed by atoms with van der Waals surface area (Å²) in [6.07, 6.45) is 3.39. The monoisotopic (exact) mass is 429 g/mol. The zero-order chi connectivity index (χ0) is 21.9. The fourth-order valence-corrected chi connectivity index (χ4v) is 4.04. The predicted molar refractivity (Wildman–Crippen MR) is 117 cm³/mol. The molecule has 2 aromatic rings. The van der Waals surface area contributed by atoms with Crippen molar-refractivity contribution in [3.63, 3.8) is 0 Å². The average molecular weight is 430 g/mol. The first-order chi connectivity index (χ1) is 14.1. The normalized spacial score (nSPS) is 18.9. The highest BCUT2D eigenvalue weighted by Gasteiger charge is 2.25. The van der Waals surface area contributed by atoms with Crippen molar-refractivity contribution in [1.82, 2.24) is 9.78 Å². The molecule has 0 atom stereocenters. The van der Waals surface area contributed by atoms with E-state index in [1.165, 1.54) is 22.1 Å². The lowest BCUT2D eigenvalue weighted by Crippen LogP contribution is -2.32. The fourth-order valence-electron chi connectivity index (χ4n) is 3.23. The van der Waals surface area contributed by atoms with Crippen molar-refractivity contribution in [2.24, 2.45) is 12.5 Å². The van der Waals surface area contributed by atoms with E-state index in [0.29, 0.717) is 16.4 Å². The molecule has 7 nitrogen and oxygen atoms in total. The van der Waals surface area contributed by atoms with Gasteiger partial charge in [0, 0.05) is 30.6 Å². The average Bonchev–Trinajstić information content (AvgIpc) is 3.07. The summed E-state index contributed by atoms with van der Waals surface area (Å²) in [5, 5.41) is 17.1. The van der Waals surface area contributed by atoms with Gasteiger partial charge < -0.3 is 15.2 Å². The van der Waals surface area contributed by atoms with Crippen LogP contribution in [0.15, 0.2) is 23.0 Å². The molecule has 2 aromatic heterocycles. The smallest absolute Gasteiger partial charge is 0.348 e. The summed E-state index contributed by atoms with van der Waals surface area (Å²) >= 11 is 1.21. The number of carboxylic acid groups (broad SMARTS) is 1. The summed E-state index contributed by atoms with van der Waals surface area (Å²) in [7, 11) is 1.59. The minimum Gasteiger partial charge on any atom is -0.477 e. The summed E-state index contributed by atoms with van der Waals surface area (Å²) in [4.78, 5) is 24.1. The van der Waals surface area contributed by atoms with Crippen LogP contribution in [-0.4, -0.2) is 33.0 Å². The highest BCUT2D eigenvalue weighted by Crippen LogP contribution is 2.31. The largest absolute Gasteiger partial charge is 0.477 e. The Labute approximate surface area is 180 Å². The zero-order valence-electron chi connectivity index (χ0n) is 17.7. The summed E-state index contributed by atoms with van der Waals surface area (Å²) in [6.45, 7) is 6.07. The summed E-state index contributed by atoms with van der Waals surface area (Å²) in [6, 6.07) is 5.05. The second-order valence-electron chi connectivity index (χ2n) is 8.53. The molecule has 0 saturated heterocycles. The number of aryl methyl sites for hydroxylation is 1. The van der Waals surface area contributed by atoms with Crippen LogP contribution in [0.25, 0.3) is 0 Å². The summed E-state index contributed by atoms with van der Waals surface area (Å²) in [5.41, 5.74) is 0.320. The van der Waals surface area contributed by atoms with Gasteiger partial charge in [0.1, 0.15) is 11.0 Å². The van der Waals surface area contributed by atoms with Crippen LogP contribution in [0.5, 0.6) is 5.88 Å². The van der Waals surface area contributed by atoms with E-state index in [-0.39, 0.29) is 23.1 Å². The van der Waals surface area contributed by atoms with Crippen molar-refractivity contribution in [2.75, 3.05) is 5.32 Å². The number of hydrogen-bond donors (Lipinski definition) is 2. The Morgan fingerprint density at radius 1 is 1.30 bits per heavy atom. The molecular formula is C22H27N3O4S. The van der Waals surface area contributed by atoms with E-state index >= 15 is 0 Å². The van der Waals surface area contributed by atoms with E-state index in [9.17, 15) is 14.7 Å². The number of ether oxygens (including phenoxy) is 1. The molecule has 0 spiro atoms. The third kappa shape index (κ3) is 5.86. The molecule has 0 unspecified atom stereocenters. The Morgan fingerprint density at radius 2 is 2.00 bits per heavy atom. The number of anilines is 1. The number of thiophene rings is 1. The molecule has 0 bridgehead atoms. The van der Waals surface area contributed by atoms with Gasteiger partial charge in [-0.15, -0.1) is 16.4 Å². The van der Waals surface area contributed by atoms with Gasteiger partial charge in [0.2, 0.25) is 5.88 Å². The van der Waals surface area contributed by atoms with Gasteiger partial charge in [-0.1, -0.05) is 11.8 Å². The minimum atomic E-state index is -0.941. The third-order valence-corrected chi connectivity index (χ3v) is 5.78. The predicted octanol–water partition coefficient (Wildman–Crippen LogP) is 3.74. The Hall–Kier alpha value is -2.79. The molecule has 0 aliphatic heterocycles. The molecule has 2 N–H and O–H groups in total. The molecule has 1 aliphatic rings. The molecule has 1 saturated carbocycles. The Morgan fingerprint density at radius 3 is 2.60 bits per heavy atom. The van der Waals surface area contributed by atoms with Gasteiger partial charge in [0.25, 0.3) is 5.56 Å². The van der Waals surface area contributed by atoms with Crippen LogP contribution in [0, 0.1) is 17.3 Å². The topological polar surface area (TPSA) is 93.4 Å². The number of carboxylic acids is 1. The standard InChI is InChI=1S/C22H27N3O4S/c1-22(2,3)12-11-16-13-17(20(30-16)21(27)28)23-14-5-7-15(8-6-14)29-18-9-10-19(26)25(4)24-18/h9-10,13-15,23H,5-8H2,1-4H3,(H,27,28)/t14-,15+. The number of aromatic carboxylic acids is 1. The lowest BCUT2D eigenvalue weighted by molar-refractivity contribution is 0.0703. The molecular weight excluding hydrogens is 402 g/mol. The quantitative estimate of drug-likeness (QED) is 0.704. The minimum absolute atomic E-state index is 0.0303. The van der Waals surface area contributed by atoms with E-state index in [0.717, 1.165) is 30.6 Å². The molecule has 8 heteroatoms. The molecule has 1 fully saturated rings. The van der Waals surface area contributed by atoms with Crippen molar-refractivity contribution < 1.29 is 14.6 Å². The fraction of sp³-hybridized carbons (Fsp3) is 0.500. The number of carbonyl (C=O) groups is 1. The maximum absolute atomic E-state index is 11.7. The van der Waals surface area contributed by atoms with E-state index < -0.39 is 5.97 Å². The van der Waals surface area contributed by atoms with E-state index in [1.54, 1.807) is 13.1 Å². The molecule has 1 aliphatic carbocycles. The molecule has 0 radical (unpaired) electrons. The summed E-state index contributed by atoms with van der Waals surface area (Å²) in [5.74, 6) is 5.75. The number of nitrogens with zero attached hydrogens (tertiary/aromatic N) is 2. The number of nitrogens with one attached hydrogen (secondary N) is 1. The Kier molecular flexibility index (Phi) is 6.52. The van der Waals surface area contributed by atoms with Gasteiger partial charge in [0.05, 0.1) is 10.6 Å². The van der Waals surface area contributed by atoms with Gasteiger partial charge >= 0.3 is 5.97 Å². The van der Waals surface area contributed by atoms with Crippen LogP contribution in [0.3, 0.4) is 0 Å². The third-order valence-electron chi connectivity index (χ3n) is 4.74. The molecule has 2 heterocycles. The summed E-state index contributed by atoms with van der Waals surface area (Å²) < 4.78 is 7.17. The molecule has 160 valence electrons. The van der Waals surface area contributed by atoms with Crippen molar-refractivity contribution in [3.8, 4) is 17.7 Å². The Balaban J connectivity index is 1.61. The second kappa shape index (κ2) is 8.92. The van der Waals surface area contributed by atoms with Crippen molar-refractivity contribution in [3.05, 3.63) is 38.3 Å². The van der Waals surface area contributed by atoms with Crippen LogP contribution < -0.4 is 15.6 Å². The van der Waals surface area contributed by atoms with Crippen molar-refractivity contribution >= 4 is 23.0 Å². The highest BCUT2D eigenvalue weighted by atomic mass is 32.1. The van der Waals surface area contributed by atoms with Crippen LogP contribution in [0.1, 0.15) is 61.0 Å². The van der Waals surface area contributed by atoms with Gasteiger partial charge in [-0.3, -0.25) is 4.79 Å². The van der Waals surface area contributed by atoms with E-state index in [4.69, 9.17) is 4.74 Å². The van der Waals surface area contributed by atoms with Gasteiger partial charge in [0.15, 0.2) is 0 Å². The molecule has 0 aromatic carbocycles.